The number of ether oxygens (including phenoxy) is 1. The van der Waals surface area contributed by atoms with Crippen molar-refractivity contribution in [3.05, 3.63) is 45.5 Å². The van der Waals surface area contributed by atoms with Crippen LogP contribution in [-0.2, 0) is 22.6 Å². The molecule has 204 valence electrons. The molecule has 2 amide bonds. The molecule has 1 atom stereocenters. The highest BCUT2D eigenvalue weighted by Crippen LogP contribution is 2.28. The molecule has 1 saturated heterocycles. The van der Waals surface area contributed by atoms with E-state index in [2.05, 4.69) is 21.4 Å². The summed E-state index contributed by atoms with van der Waals surface area (Å²) >= 11 is 0. The number of piperidine rings is 1. The van der Waals surface area contributed by atoms with Gasteiger partial charge in [0.2, 0.25) is 17.8 Å². The van der Waals surface area contributed by atoms with E-state index in [-0.39, 0.29) is 47.7 Å². The van der Waals surface area contributed by atoms with Crippen molar-refractivity contribution < 1.29 is 18.7 Å². The standard InChI is InChI=1S/C26H29FN8O4/c1-26(2,3)39-25(38)29-18-6-5-9-33(13-18)24-31-21-20(22(37)35-14-19(36)32(4)23(35)30-21)34(24)12-16-10-17(27)8-7-15(16)11-28/h7-8,10,18H,5-6,9,12-14H2,1-4H3,(H,29,38)/t18-/m1/s1. The first-order valence-corrected chi connectivity index (χ1v) is 12.7. The number of hydrogen-bond acceptors (Lipinski definition) is 8. The fourth-order valence-electron chi connectivity index (χ4n) is 4.96. The Balaban J connectivity index is 1.58. The molecule has 2 aromatic heterocycles. The van der Waals surface area contributed by atoms with Crippen molar-refractivity contribution in [1.29, 1.82) is 5.26 Å². The summed E-state index contributed by atoms with van der Waals surface area (Å²) in [5.74, 6) is -0.197. The molecule has 2 aliphatic rings. The summed E-state index contributed by atoms with van der Waals surface area (Å²) in [5.41, 5.74) is -0.180. The van der Waals surface area contributed by atoms with Crippen LogP contribution in [-0.4, -0.2) is 62.9 Å². The van der Waals surface area contributed by atoms with Crippen molar-refractivity contribution in [2.24, 2.45) is 0 Å². The number of hydrogen-bond donors (Lipinski definition) is 1. The SMILES string of the molecule is CN1C(=O)Cn2c1nc1nc(N3CCC[C@@H](NC(=O)OC(C)(C)C)C3)n(Cc3cc(F)ccc3C#N)c1c2=O. The first-order valence-electron chi connectivity index (χ1n) is 12.7. The second-order valence-corrected chi connectivity index (χ2v) is 10.8. The third kappa shape index (κ3) is 5.01. The van der Waals surface area contributed by atoms with Crippen molar-refractivity contribution in [1.82, 2.24) is 24.4 Å². The van der Waals surface area contributed by atoms with E-state index in [0.29, 0.717) is 24.6 Å². The van der Waals surface area contributed by atoms with E-state index in [9.17, 15) is 24.0 Å². The largest absolute Gasteiger partial charge is 0.444 e. The molecule has 2 aliphatic heterocycles. The van der Waals surface area contributed by atoms with E-state index in [1.807, 2.05) is 4.90 Å². The molecule has 1 fully saturated rings. The topological polar surface area (TPSA) is 138 Å². The smallest absolute Gasteiger partial charge is 0.407 e. The normalized spacial score (nSPS) is 17.3. The summed E-state index contributed by atoms with van der Waals surface area (Å²) in [7, 11) is 1.54. The Kier molecular flexibility index (Phi) is 6.49. The van der Waals surface area contributed by atoms with Gasteiger partial charge in [0.15, 0.2) is 11.2 Å². The van der Waals surface area contributed by atoms with E-state index < -0.39 is 23.1 Å². The minimum atomic E-state index is -0.640. The first-order chi connectivity index (χ1) is 18.4. The highest BCUT2D eigenvalue weighted by molar-refractivity contribution is 5.95. The number of nitriles is 1. The predicted molar refractivity (Wildman–Crippen MR) is 140 cm³/mol. The molecule has 0 aliphatic carbocycles. The van der Waals surface area contributed by atoms with Gasteiger partial charge in [-0.05, 0) is 57.4 Å². The van der Waals surface area contributed by atoms with Gasteiger partial charge in [0.05, 0.1) is 18.2 Å². The lowest BCUT2D eigenvalue weighted by molar-refractivity contribution is -0.117. The number of nitrogens with one attached hydrogen (secondary N) is 1. The molecule has 0 spiro atoms. The quantitative estimate of drug-likeness (QED) is 0.535. The van der Waals surface area contributed by atoms with Crippen molar-refractivity contribution >= 4 is 35.1 Å². The Labute approximate surface area is 223 Å². The minimum Gasteiger partial charge on any atom is -0.444 e. The Morgan fingerprint density at radius 3 is 2.72 bits per heavy atom. The number of halogens is 1. The zero-order chi connectivity index (χ0) is 28.1. The molecular formula is C26H29FN8O4. The average Bonchev–Trinajstić information content (AvgIpc) is 3.36. The molecule has 1 N–H and O–H groups in total. The van der Waals surface area contributed by atoms with Crippen LogP contribution in [0.4, 0.5) is 21.1 Å². The van der Waals surface area contributed by atoms with Crippen LogP contribution in [0.25, 0.3) is 11.2 Å². The molecule has 1 aromatic carbocycles. The van der Waals surface area contributed by atoms with E-state index in [1.54, 1.807) is 32.4 Å². The molecule has 0 saturated carbocycles. The van der Waals surface area contributed by atoms with Crippen LogP contribution in [0.1, 0.15) is 44.7 Å². The van der Waals surface area contributed by atoms with E-state index in [1.165, 1.54) is 27.7 Å². The maximum Gasteiger partial charge on any atom is 0.407 e. The molecule has 4 heterocycles. The van der Waals surface area contributed by atoms with Gasteiger partial charge in [-0.3, -0.25) is 23.6 Å². The van der Waals surface area contributed by atoms with Crippen LogP contribution >= 0.6 is 0 Å². The molecule has 5 rings (SSSR count). The average molecular weight is 537 g/mol. The summed E-state index contributed by atoms with van der Waals surface area (Å²) in [6.07, 6.45) is 0.929. The summed E-state index contributed by atoms with van der Waals surface area (Å²) in [6.45, 7) is 6.17. The highest BCUT2D eigenvalue weighted by atomic mass is 19.1. The Bertz CT molecular complexity index is 1580. The number of aromatic nitrogens is 4. The van der Waals surface area contributed by atoms with E-state index in [4.69, 9.17) is 4.74 Å². The molecule has 0 radical (unpaired) electrons. The summed E-state index contributed by atoms with van der Waals surface area (Å²) in [4.78, 5) is 50.8. The van der Waals surface area contributed by atoms with Crippen molar-refractivity contribution in [2.45, 2.75) is 58.3 Å². The number of amides is 2. The molecule has 39 heavy (non-hydrogen) atoms. The van der Waals surface area contributed by atoms with Gasteiger partial charge in [0.25, 0.3) is 5.56 Å². The third-order valence-electron chi connectivity index (χ3n) is 6.73. The van der Waals surface area contributed by atoms with E-state index in [0.717, 1.165) is 12.8 Å². The predicted octanol–water partition coefficient (Wildman–Crippen LogP) is 2.12. The summed E-state index contributed by atoms with van der Waals surface area (Å²) in [5, 5.41) is 12.5. The lowest BCUT2D eigenvalue weighted by Gasteiger charge is -2.34. The summed E-state index contributed by atoms with van der Waals surface area (Å²) < 4.78 is 22.5. The maximum atomic E-state index is 14.2. The second-order valence-electron chi connectivity index (χ2n) is 10.8. The maximum absolute atomic E-state index is 14.2. The van der Waals surface area contributed by atoms with Crippen LogP contribution < -0.4 is 20.7 Å². The van der Waals surface area contributed by atoms with Crippen LogP contribution in [0.2, 0.25) is 0 Å². The molecule has 0 unspecified atom stereocenters. The molecule has 12 nitrogen and oxygen atoms in total. The third-order valence-corrected chi connectivity index (χ3v) is 6.73. The number of imidazole rings is 1. The van der Waals surface area contributed by atoms with Gasteiger partial charge in [0.1, 0.15) is 18.0 Å². The monoisotopic (exact) mass is 536 g/mol. The van der Waals surface area contributed by atoms with Crippen LogP contribution in [0, 0.1) is 17.1 Å². The van der Waals surface area contributed by atoms with Gasteiger partial charge >= 0.3 is 6.09 Å². The van der Waals surface area contributed by atoms with E-state index >= 15 is 0 Å². The van der Waals surface area contributed by atoms with Crippen LogP contribution in [0.15, 0.2) is 23.0 Å². The fraction of sp³-hybridized carbons (Fsp3) is 0.462. The van der Waals surface area contributed by atoms with Gasteiger partial charge in [-0.15, -0.1) is 0 Å². The highest BCUT2D eigenvalue weighted by Gasteiger charge is 2.32. The number of nitrogens with zero attached hydrogens (tertiary/aromatic N) is 7. The number of likely N-dealkylation sites (N-methyl/N-ethyl adjacent to an activating group) is 1. The first kappa shape index (κ1) is 26.1. The zero-order valence-corrected chi connectivity index (χ0v) is 22.2. The molecular weight excluding hydrogens is 507 g/mol. The molecule has 0 bridgehead atoms. The van der Waals surface area contributed by atoms with Gasteiger partial charge in [0, 0.05) is 26.2 Å². The van der Waals surface area contributed by atoms with Crippen LogP contribution in [0.5, 0.6) is 0 Å². The number of carbonyl (C=O) groups excluding carboxylic acids is 2. The van der Waals surface area contributed by atoms with Gasteiger partial charge in [-0.1, -0.05) is 0 Å². The molecule has 3 aromatic rings. The Hall–Kier alpha value is -4.47. The Morgan fingerprint density at radius 2 is 2.00 bits per heavy atom. The number of carbonyl (C=O) groups is 2. The van der Waals surface area contributed by atoms with Gasteiger partial charge < -0.3 is 15.0 Å². The van der Waals surface area contributed by atoms with Crippen molar-refractivity contribution in [3.8, 4) is 6.07 Å². The number of alkyl carbamates (subject to hydrolysis) is 1. The number of rotatable bonds is 4. The fourth-order valence-corrected chi connectivity index (χ4v) is 4.96. The minimum absolute atomic E-state index is 0.0206. The van der Waals surface area contributed by atoms with Crippen LogP contribution in [0.3, 0.4) is 0 Å². The lowest BCUT2D eigenvalue weighted by Crippen LogP contribution is -2.49. The number of benzene rings is 1. The van der Waals surface area contributed by atoms with Gasteiger partial charge in [-0.25, -0.2) is 9.18 Å². The number of anilines is 2. The number of fused-ring (bicyclic) bond motifs is 2. The second kappa shape index (κ2) is 9.68. The Morgan fingerprint density at radius 1 is 1.26 bits per heavy atom. The van der Waals surface area contributed by atoms with Crippen molar-refractivity contribution in [2.75, 3.05) is 29.9 Å². The lowest BCUT2D eigenvalue weighted by atomic mass is 10.1. The van der Waals surface area contributed by atoms with Crippen molar-refractivity contribution in [3.63, 3.8) is 0 Å². The summed E-state index contributed by atoms with van der Waals surface area (Å²) in [6, 6.07) is 5.68. The zero-order valence-electron chi connectivity index (χ0n) is 22.2. The van der Waals surface area contributed by atoms with Gasteiger partial charge in [-0.2, -0.15) is 15.2 Å². The molecule has 13 heteroatoms.